The predicted octanol–water partition coefficient (Wildman–Crippen LogP) is 2.96. The van der Waals surface area contributed by atoms with Gasteiger partial charge in [-0.05, 0) is 48.2 Å². The number of carbonyl (C=O) groups is 4. The lowest BCUT2D eigenvalue weighted by Gasteiger charge is -2.10. The zero-order valence-electron chi connectivity index (χ0n) is 15.3. The number of carbonyl (C=O) groups excluding carboxylic acids is 3. The standard InChI is InChI=1S/C20H15FN2O6S/c21-13-5-7-14(8-6-13)22-17(24)11-29-15-4-2-1-3-12(15)9-16-19(27)23(10-18(25)26)20(28)30-16/h1-9H,10-11H2,(H,22,24)(H,25,26)/b16-9+. The zero-order chi connectivity index (χ0) is 21.7. The van der Waals surface area contributed by atoms with E-state index in [2.05, 4.69) is 5.32 Å². The van der Waals surface area contributed by atoms with Crippen LogP contribution in [0.5, 0.6) is 5.75 Å². The summed E-state index contributed by atoms with van der Waals surface area (Å²) in [6, 6.07) is 11.8. The number of ether oxygens (including phenoxy) is 1. The van der Waals surface area contributed by atoms with E-state index in [1.165, 1.54) is 30.3 Å². The summed E-state index contributed by atoms with van der Waals surface area (Å²) in [7, 11) is 0. The molecule has 154 valence electrons. The molecule has 3 rings (SSSR count). The summed E-state index contributed by atoms with van der Waals surface area (Å²) in [6.45, 7) is -1.06. The van der Waals surface area contributed by atoms with Gasteiger partial charge in [0.15, 0.2) is 6.61 Å². The van der Waals surface area contributed by atoms with E-state index in [-0.39, 0.29) is 17.3 Å². The molecule has 0 bridgehead atoms. The first-order valence-corrected chi connectivity index (χ1v) is 9.39. The lowest BCUT2D eigenvalue weighted by Crippen LogP contribution is -2.33. The molecule has 0 saturated carbocycles. The number of carboxylic acid groups (broad SMARTS) is 1. The Kier molecular flexibility index (Phi) is 6.48. The Balaban J connectivity index is 1.69. The topological polar surface area (TPSA) is 113 Å². The highest BCUT2D eigenvalue weighted by molar-refractivity contribution is 8.18. The van der Waals surface area contributed by atoms with Crippen molar-refractivity contribution in [2.75, 3.05) is 18.5 Å². The van der Waals surface area contributed by atoms with Gasteiger partial charge in [0.25, 0.3) is 17.1 Å². The first-order valence-electron chi connectivity index (χ1n) is 8.58. The molecule has 2 N–H and O–H groups in total. The number of halogens is 1. The van der Waals surface area contributed by atoms with Crippen molar-refractivity contribution in [2.45, 2.75) is 0 Å². The van der Waals surface area contributed by atoms with Crippen molar-refractivity contribution in [1.29, 1.82) is 0 Å². The number of para-hydroxylation sites is 1. The highest BCUT2D eigenvalue weighted by atomic mass is 32.2. The van der Waals surface area contributed by atoms with Gasteiger partial charge in [0, 0.05) is 11.3 Å². The second-order valence-electron chi connectivity index (χ2n) is 6.04. The van der Waals surface area contributed by atoms with Gasteiger partial charge in [-0.1, -0.05) is 18.2 Å². The third kappa shape index (κ3) is 5.23. The van der Waals surface area contributed by atoms with E-state index >= 15 is 0 Å². The van der Waals surface area contributed by atoms with Crippen LogP contribution in [-0.4, -0.2) is 46.2 Å². The third-order valence-electron chi connectivity index (χ3n) is 3.86. The molecule has 10 heteroatoms. The summed E-state index contributed by atoms with van der Waals surface area (Å²) in [4.78, 5) is 47.7. The predicted molar refractivity (Wildman–Crippen MR) is 107 cm³/mol. The fourth-order valence-corrected chi connectivity index (χ4v) is 3.35. The summed E-state index contributed by atoms with van der Waals surface area (Å²) >= 11 is 0.624. The Bertz CT molecular complexity index is 1040. The zero-order valence-corrected chi connectivity index (χ0v) is 16.1. The normalized spacial score (nSPS) is 14.8. The second kappa shape index (κ2) is 9.23. The number of hydrogen-bond acceptors (Lipinski definition) is 6. The van der Waals surface area contributed by atoms with Crippen LogP contribution in [0.3, 0.4) is 0 Å². The quantitative estimate of drug-likeness (QED) is 0.650. The highest BCUT2D eigenvalue weighted by Crippen LogP contribution is 2.33. The van der Waals surface area contributed by atoms with Crippen LogP contribution in [0.15, 0.2) is 53.4 Å². The molecule has 30 heavy (non-hydrogen) atoms. The maximum absolute atomic E-state index is 12.9. The van der Waals surface area contributed by atoms with Crippen molar-refractivity contribution >= 4 is 46.5 Å². The average Bonchev–Trinajstić information content (AvgIpc) is 2.96. The van der Waals surface area contributed by atoms with Gasteiger partial charge < -0.3 is 15.2 Å². The van der Waals surface area contributed by atoms with Crippen molar-refractivity contribution in [1.82, 2.24) is 4.90 Å². The molecule has 1 saturated heterocycles. The van der Waals surface area contributed by atoms with Crippen LogP contribution in [0.4, 0.5) is 14.9 Å². The summed E-state index contributed by atoms with van der Waals surface area (Å²) in [6.07, 6.45) is 1.40. The van der Waals surface area contributed by atoms with E-state index in [0.717, 1.165) is 0 Å². The minimum Gasteiger partial charge on any atom is -0.483 e. The van der Waals surface area contributed by atoms with Crippen LogP contribution in [0.25, 0.3) is 6.08 Å². The van der Waals surface area contributed by atoms with Crippen LogP contribution >= 0.6 is 11.8 Å². The molecule has 0 radical (unpaired) electrons. The molecule has 1 heterocycles. The van der Waals surface area contributed by atoms with Crippen molar-refractivity contribution in [2.24, 2.45) is 0 Å². The molecule has 2 aromatic carbocycles. The Morgan fingerprint density at radius 3 is 2.53 bits per heavy atom. The summed E-state index contributed by atoms with van der Waals surface area (Å²) in [5, 5.41) is 10.7. The smallest absolute Gasteiger partial charge is 0.323 e. The van der Waals surface area contributed by atoms with Gasteiger partial charge >= 0.3 is 5.97 Å². The van der Waals surface area contributed by atoms with E-state index in [0.29, 0.717) is 27.9 Å². The van der Waals surface area contributed by atoms with E-state index in [1.54, 1.807) is 24.3 Å². The minimum atomic E-state index is -1.30. The monoisotopic (exact) mass is 430 g/mol. The highest BCUT2D eigenvalue weighted by Gasteiger charge is 2.36. The molecule has 1 aliphatic heterocycles. The Labute approximate surface area is 174 Å². The van der Waals surface area contributed by atoms with Gasteiger partial charge in [-0.3, -0.25) is 24.1 Å². The van der Waals surface area contributed by atoms with Gasteiger partial charge in [-0.2, -0.15) is 0 Å². The van der Waals surface area contributed by atoms with Crippen molar-refractivity contribution in [3.63, 3.8) is 0 Å². The maximum atomic E-state index is 12.9. The van der Waals surface area contributed by atoms with Gasteiger partial charge in [0.05, 0.1) is 4.91 Å². The lowest BCUT2D eigenvalue weighted by atomic mass is 10.2. The van der Waals surface area contributed by atoms with Crippen LogP contribution in [0.1, 0.15) is 5.56 Å². The molecule has 0 aliphatic carbocycles. The van der Waals surface area contributed by atoms with Gasteiger partial charge in [-0.15, -0.1) is 0 Å². The number of nitrogens with one attached hydrogen (secondary N) is 1. The number of benzene rings is 2. The largest absolute Gasteiger partial charge is 0.483 e. The van der Waals surface area contributed by atoms with E-state index in [9.17, 15) is 23.6 Å². The first kappa shape index (κ1) is 21.1. The summed E-state index contributed by atoms with van der Waals surface area (Å²) in [5.41, 5.74) is 0.846. The number of imide groups is 1. The summed E-state index contributed by atoms with van der Waals surface area (Å²) in [5.74, 6) is -2.62. The van der Waals surface area contributed by atoms with E-state index in [4.69, 9.17) is 9.84 Å². The van der Waals surface area contributed by atoms with Gasteiger partial charge in [-0.25, -0.2) is 4.39 Å². The Hall–Kier alpha value is -3.66. The maximum Gasteiger partial charge on any atom is 0.323 e. The lowest BCUT2D eigenvalue weighted by molar-refractivity contribution is -0.140. The third-order valence-corrected chi connectivity index (χ3v) is 4.77. The number of aliphatic carboxylic acids is 1. The second-order valence-corrected chi connectivity index (χ2v) is 7.04. The van der Waals surface area contributed by atoms with E-state index in [1.807, 2.05) is 0 Å². The SMILES string of the molecule is O=C(O)CN1C(=O)S/C(=C/c2ccccc2OCC(=O)Nc2ccc(F)cc2)C1=O. The number of nitrogens with zero attached hydrogens (tertiary/aromatic N) is 1. The summed E-state index contributed by atoms with van der Waals surface area (Å²) < 4.78 is 18.4. The molecule has 0 aromatic heterocycles. The molecule has 0 atom stereocenters. The Morgan fingerprint density at radius 2 is 1.83 bits per heavy atom. The van der Waals surface area contributed by atoms with Crippen LogP contribution in [0, 0.1) is 5.82 Å². The molecule has 0 spiro atoms. The van der Waals surface area contributed by atoms with Crippen LogP contribution in [0.2, 0.25) is 0 Å². The number of amides is 3. The number of carboxylic acids is 1. The molecular formula is C20H15FN2O6S. The number of anilines is 1. The van der Waals surface area contributed by atoms with Crippen molar-refractivity contribution in [3.8, 4) is 5.75 Å². The Morgan fingerprint density at radius 1 is 1.13 bits per heavy atom. The van der Waals surface area contributed by atoms with Crippen molar-refractivity contribution in [3.05, 3.63) is 64.8 Å². The van der Waals surface area contributed by atoms with Gasteiger partial charge in [0.1, 0.15) is 18.1 Å². The molecule has 1 aliphatic rings. The fourth-order valence-electron chi connectivity index (χ4n) is 2.52. The molecule has 2 aromatic rings. The molecular weight excluding hydrogens is 415 g/mol. The number of thioether (sulfide) groups is 1. The number of hydrogen-bond donors (Lipinski definition) is 2. The first-order chi connectivity index (χ1) is 14.3. The minimum absolute atomic E-state index is 0.0491. The van der Waals surface area contributed by atoms with Gasteiger partial charge in [0.2, 0.25) is 0 Å². The van der Waals surface area contributed by atoms with Crippen LogP contribution < -0.4 is 10.1 Å². The number of rotatable bonds is 7. The molecule has 0 unspecified atom stereocenters. The molecule has 1 fully saturated rings. The fraction of sp³-hybridized carbons (Fsp3) is 0.100. The van der Waals surface area contributed by atoms with Crippen molar-refractivity contribution < 1.29 is 33.4 Å². The van der Waals surface area contributed by atoms with Crippen LogP contribution in [-0.2, 0) is 14.4 Å². The van der Waals surface area contributed by atoms with E-state index < -0.39 is 35.4 Å². The molecule has 8 nitrogen and oxygen atoms in total. The average molecular weight is 430 g/mol. The molecule has 3 amide bonds.